The molecular weight excluding hydrogens is 231 g/mol. The average Bonchev–Trinajstić information content (AvgIpc) is 2.46. The van der Waals surface area contributed by atoms with Gasteiger partial charge in [-0.1, -0.05) is 0 Å². The molecule has 3 nitrogen and oxygen atoms in total. The minimum absolute atomic E-state index is 0. The van der Waals surface area contributed by atoms with Crippen molar-refractivity contribution in [1.82, 2.24) is 10.3 Å². The lowest BCUT2D eigenvalue weighted by Gasteiger charge is -2.13. The number of hydrogen-bond donors (Lipinski definition) is 1. The Bertz CT molecular complexity index is 317. The second-order valence-corrected chi connectivity index (χ2v) is 3.84. The predicted molar refractivity (Wildman–Crippen MR) is 62.3 cm³/mol. The van der Waals surface area contributed by atoms with E-state index in [4.69, 9.17) is 4.74 Å². The van der Waals surface area contributed by atoms with Crippen LogP contribution in [0.25, 0.3) is 0 Å². The lowest BCUT2D eigenvalue weighted by Crippen LogP contribution is -2.24. The lowest BCUT2D eigenvalue weighted by molar-refractivity contribution is 0.123. The van der Waals surface area contributed by atoms with Crippen molar-refractivity contribution in [1.29, 1.82) is 0 Å². The lowest BCUT2D eigenvalue weighted by atomic mass is 10.0. The van der Waals surface area contributed by atoms with Crippen molar-refractivity contribution >= 4 is 12.4 Å². The van der Waals surface area contributed by atoms with Crippen LogP contribution in [-0.2, 0) is 11.2 Å². The standard InChI is InChI=1S/C11H15FN2O.ClH/c12-11-6-9(1-2-14-11)5-10-7-13-3-4-15-8-10;/h1-2,6,10,13H,3-5,7-8H2;1H. The Hall–Kier alpha value is -0.710. The summed E-state index contributed by atoms with van der Waals surface area (Å²) in [5.41, 5.74) is 0.986. The maximum Gasteiger partial charge on any atom is 0.213 e. The molecule has 0 amide bonds. The van der Waals surface area contributed by atoms with Crippen molar-refractivity contribution in [2.75, 3.05) is 26.3 Å². The largest absolute Gasteiger partial charge is 0.380 e. The second kappa shape index (κ2) is 6.78. The SMILES string of the molecule is Cl.Fc1cc(CC2CNCCOC2)ccn1. The van der Waals surface area contributed by atoms with E-state index in [0.717, 1.165) is 38.3 Å². The van der Waals surface area contributed by atoms with E-state index in [1.54, 1.807) is 0 Å². The van der Waals surface area contributed by atoms with Gasteiger partial charge in [-0.15, -0.1) is 12.4 Å². The molecule has 1 aromatic heterocycles. The van der Waals surface area contributed by atoms with Gasteiger partial charge >= 0.3 is 0 Å². The van der Waals surface area contributed by atoms with Crippen LogP contribution in [0.5, 0.6) is 0 Å². The highest BCUT2D eigenvalue weighted by molar-refractivity contribution is 5.85. The molecule has 1 unspecified atom stereocenters. The first kappa shape index (κ1) is 13.4. The van der Waals surface area contributed by atoms with Crippen LogP contribution in [0.15, 0.2) is 18.3 Å². The molecule has 2 rings (SSSR count). The van der Waals surface area contributed by atoms with E-state index in [9.17, 15) is 4.39 Å². The van der Waals surface area contributed by atoms with Gasteiger partial charge in [0.05, 0.1) is 13.2 Å². The zero-order valence-electron chi connectivity index (χ0n) is 8.99. The zero-order chi connectivity index (χ0) is 10.5. The van der Waals surface area contributed by atoms with Gasteiger partial charge in [0.25, 0.3) is 0 Å². The molecule has 1 saturated heterocycles. The van der Waals surface area contributed by atoms with E-state index >= 15 is 0 Å². The Morgan fingerprint density at radius 1 is 1.56 bits per heavy atom. The van der Waals surface area contributed by atoms with Crippen molar-refractivity contribution < 1.29 is 9.13 Å². The molecule has 0 radical (unpaired) electrons. The van der Waals surface area contributed by atoms with Gasteiger partial charge in [0.2, 0.25) is 5.95 Å². The van der Waals surface area contributed by atoms with Crippen molar-refractivity contribution in [2.24, 2.45) is 5.92 Å². The molecule has 1 fully saturated rings. The molecule has 90 valence electrons. The van der Waals surface area contributed by atoms with Gasteiger partial charge in [0.15, 0.2) is 0 Å². The zero-order valence-corrected chi connectivity index (χ0v) is 9.80. The number of pyridine rings is 1. The van der Waals surface area contributed by atoms with Crippen molar-refractivity contribution in [3.05, 3.63) is 29.8 Å². The van der Waals surface area contributed by atoms with Gasteiger partial charge < -0.3 is 10.1 Å². The molecule has 0 spiro atoms. The summed E-state index contributed by atoms with van der Waals surface area (Å²) in [6, 6.07) is 3.35. The molecule has 1 aliphatic heterocycles. The Morgan fingerprint density at radius 3 is 3.25 bits per heavy atom. The third-order valence-corrected chi connectivity index (χ3v) is 2.53. The highest BCUT2D eigenvalue weighted by Crippen LogP contribution is 2.10. The number of ether oxygens (including phenoxy) is 1. The van der Waals surface area contributed by atoms with Gasteiger partial charge in [-0.05, 0) is 30.0 Å². The van der Waals surface area contributed by atoms with Crippen LogP contribution in [0.4, 0.5) is 4.39 Å². The maximum absolute atomic E-state index is 12.8. The van der Waals surface area contributed by atoms with Gasteiger partial charge in [-0.2, -0.15) is 4.39 Å². The number of nitrogens with one attached hydrogen (secondary N) is 1. The summed E-state index contributed by atoms with van der Waals surface area (Å²) in [4.78, 5) is 3.54. The Morgan fingerprint density at radius 2 is 2.44 bits per heavy atom. The molecule has 2 heterocycles. The molecule has 0 aromatic carbocycles. The van der Waals surface area contributed by atoms with Crippen LogP contribution in [0.3, 0.4) is 0 Å². The molecule has 0 aliphatic carbocycles. The number of hydrogen-bond acceptors (Lipinski definition) is 3. The van der Waals surface area contributed by atoms with E-state index in [1.165, 1.54) is 12.3 Å². The van der Waals surface area contributed by atoms with E-state index in [1.807, 2.05) is 6.07 Å². The fourth-order valence-corrected chi connectivity index (χ4v) is 1.79. The van der Waals surface area contributed by atoms with Crippen molar-refractivity contribution in [3.63, 3.8) is 0 Å². The summed E-state index contributed by atoms with van der Waals surface area (Å²) < 4.78 is 18.3. The van der Waals surface area contributed by atoms with Gasteiger partial charge in [-0.3, -0.25) is 0 Å². The van der Waals surface area contributed by atoms with Crippen LogP contribution in [-0.4, -0.2) is 31.3 Å². The number of rotatable bonds is 2. The van der Waals surface area contributed by atoms with Crippen LogP contribution >= 0.6 is 12.4 Å². The topological polar surface area (TPSA) is 34.1 Å². The maximum atomic E-state index is 12.8. The molecule has 0 bridgehead atoms. The summed E-state index contributed by atoms with van der Waals surface area (Å²) in [5, 5.41) is 3.30. The summed E-state index contributed by atoms with van der Waals surface area (Å²) in [5.74, 6) is 0.0179. The quantitative estimate of drug-likeness (QED) is 0.802. The third-order valence-electron chi connectivity index (χ3n) is 2.53. The highest BCUT2D eigenvalue weighted by atomic mass is 35.5. The van der Waals surface area contributed by atoms with Crippen molar-refractivity contribution in [2.45, 2.75) is 6.42 Å². The summed E-state index contributed by atoms with van der Waals surface area (Å²) in [7, 11) is 0. The first-order chi connectivity index (χ1) is 7.34. The normalized spacial score (nSPS) is 20.9. The molecule has 1 N–H and O–H groups in total. The molecule has 16 heavy (non-hydrogen) atoms. The third kappa shape index (κ3) is 4.04. The molecule has 1 aliphatic rings. The molecule has 1 aromatic rings. The first-order valence-corrected chi connectivity index (χ1v) is 5.23. The van der Waals surface area contributed by atoms with Gasteiger partial charge in [0.1, 0.15) is 0 Å². The van der Waals surface area contributed by atoms with Crippen LogP contribution in [0.1, 0.15) is 5.56 Å². The second-order valence-electron chi connectivity index (χ2n) is 3.84. The average molecular weight is 247 g/mol. The summed E-state index contributed by atoms with van der Waals surface area (Å²) in [6.07, 6.45) is 2.35. The van der Waals surface area contributed by atoms with E-state index in [0.29, 0.717) is 5.92 Å². The number of halogens is 2. The highest BCUT2D eigenvalue weighted by Gasteiger charge is 2.13. The van der Waals surface area contributed by atoms with Crippen molar-refractivity contribution in [3.8, 4) is 0 Å². The monoisotopic (exact) mass is 246 g/mol. The van der Waals surface area contributed by atoms with Crippen LogP contribution in [0.2, 0.25) is 0 Å². The molecule has 1 atom stereocenters. The van der Waals surface area contributed by atoms with Crippen LogP contribution in [0, 0.1) is 11.9 Å². The number of aromatic nitrogens is 1. The fourth-order valence-electron chi connectivity index (χ4n) is 1.79. The fraction of sp³-hybridized carbons (Fsp3) is 0.545. The van der Waals surface area contributed by atoms with E-state index < -0.39 is 5.95 Å². The first-order valence-electron chi connectivity index (χ1n) is 5.23. The Kier molecular flexibility index (Phi) is 5.66. The molecule has 5 heteroatoms. The minimum atomic E-state index is -0.407. The predicted octanol–water partition coefficient (Wildman–Crippen LogP) is 1.42. The van der Waals surface area contributed by atoms with Crippen LogP contribution < -0.4 is 5.32 Å². The molecule has 0 saturated carbocycles. The Labute approximate surface area is 101 Å². The minimum Gasteiger partial charge on any atom is -0.380 e. The van der Waals surface area contributed by atoms with E-state index in [-0.39, 0.29) is 12.4 Å². The molecular formula is C11H16ClFN2O. The van der Waals surface area contributed by atoms with Gasteiger partial charge in [-0.25, -0.2) is 4.98 Å². The number of nitrogens with zero attached hydrogens (tertiary/aromatic N) is 1. The summed E-state index contributed by atoms with van der Waals surface area (Å²) >= 11 is 0. The van der Waals surface area contributed by atoms with E-state index in [2.05, 4.69) is 10.3 Å². The smallest absolute Gasteiger partial charge is 0.213 e. The van der Waals surface area contributed by atoms with Gasteiger partial charge in [0, 0.05) is 19.3 Å². The Balaban J connectivity index is 0.00000128. The summed E-state index contributed by atoms with van der Waals surface area (Å²) in [6.45, 7) is 3.35.